The number of benzene rings is 1. The van der Waals surface area contributed by atoms with Crippen molar-refractivity contribution in [1.29, 1.82) is 0 Å². The summed E-state index contributed by atoms with van der Waals surface area (Å²) in [5.41, 5.74) is 5.18. The van der Waals surface area contributed by atoms with Gasteiger partial charge in [-0.1, -0.05) is 15.9 Å². The van der Waals surface area contributed by atoms with Crippen LogP contribution >= 0.6 is 15.9 Å². The van der Waals surface area contributed by atoms with Crippen LogP contribution in [0.3, 0.4) is 0 Å². The molecule has 0 saturated heterocycles. The van der Waals surface area contributed by atoms with Gasteiger partial charge in [0.15, 0.2) is 0 Å². The molecule has 16 heavy (non-hydrogen) atoms. The zero-order valence-electron chi connectivity index (χ0n) is 8.92. The number of hydrogen-bond acceptors (Lipinski definition) is 2. The fourth-order valence-electron chi connectivity index (χ4n) is 2.01. The predicted molar refractivity (Wildman–Crippen MR) is 64.5 cm³/mol. The predicted octanol–water partition coefficient (Wildman–Crippen LogP) is 2.23. The molecule has 2 rings (SSSR count). The molecule has 88 valence electrons. The summed E-state index contributed by atoms with van der Waals surface area (Å²) in [5.74, 6) is -0.0494. The molecule has 1 saturated carbocycles. The van der Waals surface area contributed by atoms with Crippen LogP contribution in [0.4, 0.5) is 4.39 Å². The Hall–Kier alpha value is -0.450. The molecule has 4 heteroatoms. The molecule has 0 aliphatic heterocycles. The van der Waals surface area contributed by atoms with Gasteiger partial charge in [-0.05, 0) is 42.5 Å². The van der Waals surface area contributed by atoms with Crippen molar-refractivity contribution in [3.05, 3.63) is 34.1 Å². The normalized spacial score (nSPS) is 19.5. The van der Waals surface area contributed by atoms with Crippen molar-refractivity contribution in [3.63, 3.8) is 0 Å². The van der Waals surface area contributed by atoms with Crippen LogP contribution in [-0.2, 0) is 6.42 Å². The summed E-state index contributed by atoms with van der Waals surface area (Å²) in [5, 5.41) is 10.3. The first kappa shape index (κ1) is 12.0. The first-order valence-corrected chi connectivity index (χ1v) is 6.21. The quantitative estimate of drug-likeness (QED) is 0.892. The van der Waals surface area contributed by atoms with Crippen LogP contribution in [0, 0.1) is 11.7 Å². The molecular formula is C12H15BrFNO. The van der Waals surface area contributed by atoms with Crippen LogP contribution in [0.5, 0.6) is 0 Å². The maximum absolute atomic E-state index is 13.5. The van der Waals surface area contributed by atoms with Crippen LogP contribution in [0.25, 0.3) is 0 Å². The Morgan fingerprint density at radius 3 is 2.75 bits per heavy atom. The van der Waals surface area contributed by atoms with E-state index in [1.165, 1.54) is 6.07 Å². The fourth-order valence-corrected chi connectivity index (χ4v) is 2.42. The fraction of sp³-hybridized carbons (Fsp3) is 0.500. The highest BCUT2D eigenvalue weighted by Gasteiger charge is 2.43. The molecule has 0 bridgehead atoms. The second-order valence-electron chi connectivity index (χ2n) is 4.49. The van der Waals surface area contributed by atoms with E-state index in [-0.39, 0.29) is 18.3 Å². The summed E-state index contributed by atoms with van der Waals surface area (Å²) in [6.45, 7) is 0.184. The van der Waals surface area contributed by atoms with Crippen molar-refractivity contribution >= 4 is 15.9 Å². The largest absolute Gasteiger partial charge is 0.388 e. The van der Waals surface area contributed by atoms with Gasteiger partial charge in [0.1, 0.15) is 5.82 Å². The molecule has 2 nitrogen and oxygen atoms in total. The Bertz CT molecular complexity index is 395. The van der Waals surface area contributed by atoms with E-state index in [9.17, 15) is 9.50 Å². The van der Waals surface area contributed by atoms with E-state index in [0.29, 0.717) is 12.0 Å². The standard InChI is InChI=1S/C12H15BrFNO/c13-10-3-4-11(14)8(5-10)6-12(16,7-15)9-1-2-9/h3-5,9,16H,1-2,6-7,15H2. The van der Waals surface area contributed by atoms with E-state index >= 15 is 0 Å². The van der Waals surface area contributed by atoms with Gasteiger partial charge in [-0.2, -0.15) is 0 Å². The molecule has 3 N–H and O–H groups in total. The molecule has 0 heterocycles. The molecule has 1 fully saturated rings. The summed E-state index contributed by atoms with van der Waals surface area (Å²) >= 11 is 3.30. The van der Waals surface area contributed by atoms with Crippen LogP contribution in [0.2, 0.25) is 0 Å². The Morgan fingerprint density at radius 1 is 1.50 bits per heavy atom. The number of halogens is 2. The van der Waals surface area contributed by atoms with E-state index in [1.54, 1.807) is 12.1 Å². The molecular weight excluding hydrogens is 273 g/mol. The summed E-state index contributed by atoms with van der Waals surface area (Å²) in [4.78, 5) is 0. The molecule has 0 radical (unpaired) electrons. The first-order chi connectivity index (χ1) is 7.55. The second kappa shape index (κ2) is 4.43. The van der Waals surface area contributed by atoms with Crippen molar-refractivity contribution in [3.8, 4) is 0 Å². The van der Waals surface area contributed by atoms with Gasteiger partial charge in [0, 0.05) is 17.4 Å². The average molecular weight is 288 g/mol. The highest BCUT2D eigenvalue weighted by atomic mass is 79.9. The minimum Gasteiger partial charge on any atom is -0.388 e. The van der Waals surface area contributed by atoms with Gasteiger partial charge < -0.3 is 10.8 Å². The number of rotatable bonds is 4. The van der Waals surface area contributed by atoms with Gasteiger partial charge in [-0.15, -0.1) is 0 Å². The summed E-state index contributed by atoms with van der Waals surface area (Å²) in [6, 6.07) is 4.76. The van der Waals surface area contributed by atoms with Crippen molar-refractivity contribution in [1.82, 2.24) is 0 Å². The molecule has 1 aliphatic rings. The van der Waals surface area contributed by atoms with Gasteiger partial charge >= 0.3 is 0 Å². The lowest BCUT2D eigenvalue weighted by atomic mass is 9.89. The van der Waals surface area contributed by atoms with Gasteiger partial charge in [0.2, 0.25) is 0 Å². The van der Waals surface area contributed by atoms with E-state index in [2.05, 4.69) is 15.9 Å². The summed E-state index contributed by atoms with van der Waals surface area (Å²) in [7, 11) is 0. The minimum atomic E-state index is -0.943. The number of nitrogens with two attached hydrogens (primary N) is 1. The third kappa shape index (κ3) is 2.44. The van der Waals surface area contributed by atoms with Gasteiger partial charge in [0.25, 0.3) is 0 Å². The Labute approximate surface area is 103 Å². The zero-order valence-corrected chi connectivity index (χ0v) is 10.5. The van der Waals surface area contributed by atoms with E-state index < -0.39 is 5.60 Å². The van der Waals surface area contributed by atoms with Crippen molar-refractivity contribution < 1.29 is 9.50 Å². The van der Waals surface area contributed by atoms with Crippen molar-refractivity contribution in [2.75, 3.05) is 6.54 Å². The SMILES string of the molecule is NCC(O)(Cc1cc(Br)ccc1F)C1CC1. The maximum atomic E-state index is 13.5. The number of aliphatic hydroxyl groups is 1. The summed E-state index contributed by atoms with van der Waals surface area (Å²) < 4.78 is 14.4. The van der Waals surface area contributed by atoms with Crippen LogP contribution < -0.4 is 5.73 Å². The first-order valence-electron chi connectivity index (χ1n) is 5.41. The van der Waals surface area contributed by atoms with Crippen molar-refractivity contribution in [2.45, 2.75) is 24.9 Å². The minimum absolute atomic E-state index is 0.184. The van der Waals surface area contributed by atoms with Crippen LogP contribution in [0.1, 0.15) is 18.4 Å². The molecule has 1 aliphatic carbocycles. The van der Waals surface area contributed by atoms with Crippen LogP contribution in [-0.4, -0.2) is 17.3 Å². The average Bonchev–Trinajstić information content (AvgIpc) is 3.07. The highest BCUT2D eigenvalue weighted by molar-refractivity contribution is 9.10. The lowest BCUT2D eigenvalue weighted by Gasteiger charge is -2.26. The van der Waals surface area contributed by atoms with Gasteiger partial charge in [0.05, 0.1) is 5.60 Å². The monoisotopic (exact) mass is 287 g/mol. The lowest BCUT2D eigenvalue weighted by molar-refractivity contribution is 0.0259. The zero-order chi connectivity index (χ0) is 11.8. The van der Waals surface area contributed by atoms with E-state index in [0.717, 1.165) is 17.3 Å². The van der Waals surface area contributed by atoms with Gasteiger partial charge in [-0.25, -0.2) is 4.39 Å². The van der Waals surface area contributed by atoms with E-state index in [4.69, 9.17) is 5.73 Å². The Morgan fingerprint density at radius 2 is 2.19 bits per heavy atom. The molecule has 1 atom stereocenters. The molecule has 0 amide bonds. The highest BCUT2D eigenvalue weighted by Crippen LogP contribution is 2.41. The lowest BCUT2D eigenvalue weighted by Crippen LogP contribution is -2.42. The van der Waals surface area contributed by atoms with E-state index in [1.807, 2.05) is 0 Å². The Balaban J connectivity index is 2.21. The molecule has 1 unspecified atom stereocenters. The van der Waals surface area contributed by atoms with Gasteiger partial charge in [-0.3, -0.25) is 0 Å². The third-order valence-corrected chi connectivity index (χ3v) is 3.69. The molecule has 0 spiro atoms. The Kier molecular flexibility index (Phi) is 3.33. The second-order valence-corrected chi connectivity index (χ2v) is 5.41. The maximum Gasteiger partial charge on any atom is 0.126 e. The molecule has 0 aromatic heterocycles. The smallest absolute Gasteiger partial charge is 0.126 e. The molecule has 1 aromatic rings. The van der Waals surface area contributed by atoms with Crippen molar-refractivity contribution in [2.24, 2.45) is 11.7 Å². The molecule has 1 aromatic carbocycles. The summed E-state index contributed by atoms with van der Waals surface area (Å²) in [6.07, 6.45) is 2.27. The topological polar surface area (TPSA) is 46.2 Å². The number of hydrogen-bond donors (Lipinski definition) is 2. The third-order valence-electron chi connectivity index (χ3n) is 3.20. The van der Waals surface area contributed by atoms with Crippen LogP contribution in [0.15, 0.2) is 22.7 Å².